The molecule has 2 rings (SSSR count). The van der Waals surface area contributed by atoms with Crippen molar-refractivity contribution in [1.82, 2.24) is 5.43 Å². The lowest BCUT2D eigenvalue weighted by Crippen LogP contribution is -2.24. The monoisotopic (exact) mass is 330 g/mol. The molecule has 0 spiro atoms. The summed E-state index contributed by atoms with van der Waals surface area (Å²) in [5, 5.41) is 4.63. The van der Waals surface area contributed by atoms with Gasteiger partial charge in [-0.25, -0.2) is 5.43 Å². The van der Waals surface area contributed by atoms with Crippen molar-refractivity contribution in [3.8, 4) is 5.75 Å². The van der Waals surface area contributed by atoms with Crippen LogP contribution in [0.5, 0.6) is 5.75 Å². The Morgan fingerprint density at radius 1 is 1.30 bits per heavy atom. The Labute approximate surface area is 141 Å². The number of rotatable bonds is 6. The second-order valence-corrected chi connectivity index (χ2v) is 5.62. The number of hydrogen-bond acceptors (Lipinski definition) is 3. The summed E-state index contributed by atoms with van der Waals surface area (Å²) in [5.74, 6) is 0.411. The van der Waals surface area contributed by atoms with E-state index in [9.17, 15) is 4.79 Å². The highest BCUT2D eigenvalue weighted by molar-refractivity contribution is 6.31. The van der Waals surface area contributed by atoms with Crippen LogP contribution in [0.1, 0.15) is 24.0 Å². The molecule has 1 N–H and O–H groups in total. The molecule has 0 aliphatic carbocycles. The second kappa shape index (κ2) is 8.34. The lowest BCUT2D eigenvalue weighted by Gasteiger charge is -2.07. The molecule has 4 nitrogen and oxygen atoms in total. The van der Waals surface area contributed by atoms with Crippen LogP contribution in [-0.4, -0.2) is 18.7 Å². The fourth-order valence-electron chi connectivity index (χ4n) is 1.95. The van der Waals surface area contributed by atoms with Gasteiger partial charge in [0, 0.05) is 17.2 Å². The Hall–Kier alpha value is -2.33. The lowest BCUT2D eigenvalue weighted by atomic mass is 10.0. The van der Waals surface area contributed by atoms with Gasteiger partial charge in [0.15, 0.2) is 6.61 Å². The van der Waals surface area contributed by atoms with Gasteiger partial charge in [-0.2, -0.15) is 5.10 Å². The molecule has 0 unspecified atom stereocenters. The molecule has 0 heterocycles. The van der Waals surface area contributed by atoms with Crippen molar-refractivity contribution in [2.24, 2.45) is 5.10 Å². The van der Waals surface area contributed by atoms with Crippen LogP contribution in [0.15, 0.2) is 53.6 Å². The van der Waals surface area contributed by atoms with Gasteiger partial charge in [0.25, 0.3) is 5.91 Å². The maximum absolute atomic E-state index is 11.7. The molecule has 0 saturated carbocycles. The summed E-state index contributed by atoms with van der Waals surface area (Å²) < 4.78 is 5.40. The zero-order chi connectivity index (χ0) is 16.7. The van der Waals surface area contributed by atoms with Crippen LogP contribution in [0.3, 0.4) is 0 Å². The number of hydrogen-bond donors (Lipinski definition) is 1. The fraction of sp³-hybridized carbons (Fsp3) is 0.222. The molecule has 1 amide bonds. The van der Waals surface area contributed by atoms with Gasteiger partial charge in [0.2, 0.25) is 0 Å². The van der Waals surface area contributed by atoms with Crippen molar-refractivity contribution in [2.45, 2.75) is 19.8 Å². The van der Waals surface area contributed by atoms with Gasteiger partial charge >= 0.3 is 0 Å². The highest BCUT2D eigenvalue weighted by Crippen LogP contribution is 2.20. The average Bonchev–Trinajstić information content (AvgIpc) is 2.56. The third-order valence-corrected chi connectivity index (χ3v) is 3.74. The average molecular weight is 331 g/mol. The van der Waals surface area contributed by atoms with E-state index in [0.717, 1.165) is 11.1 Å². The number of amides is 1. The van der Waals surface area contributed by atoms with Crippen LogP contribution in [0.25, 0.3) is 0 Å². The number of aryl methyl sites for hydroxylation is 1. The van der Waals surface area contributed by atoms with E-state index in [1.807, 2.05) is 44.2 Å². The Morgan fingerprint density at radius 2 is 2.04 bits per heavy atom. The van der Waals surface area contributed by atoms with Crippen LogP contribution in [0.4, 0.5) is 0 Å². The van der Waals surface area contributed by atoms with Gasteiger partial charge in [-0.15, -0.1) is 0 Å². The van der Waals surface area contributed by atoms with Gasteiger partial charge < -0.3 is 4.74 Å². The normalized spacial score (nSPS) is 12.1. The van der Waals surface area contributed by atoms with E-state index < -0.39 is 0 Å². The molecular formula is C18H19ClN2O2. The second-order valence-electron chi connectivity index (χ2n) is 5.21. The number of ether oxygens (including phenoxy) is 1. The predicted molar refractivity (Wildman–Crippen MR) is 93.2 cm³/mol. The first-order chi connectivity index (χ1) is 11.1. The number of benzene rings is 2. The summed E-state index contributed by atoms with van der Waals surface area (Å²) in [6, 6.07) is 15.2. The van der Waals surface area contributed by atoms with Crippen LogP contribution in [0, 0.1) is 6.92 Å². The van der Waals surface area contributed by atoms with E-state index in [-0.39, 0.29) is 18.4 Å². The molecule has 0 aromatic heterocycles. The van der Waals surface area contributed by atoms with E-state index in [2.05, 4.69) is 10.5 Å². The van der Waals surface area contributed by atoms with Crippen molar-refractivity contribution >= 4 is 23.7 Å². The summed E-state index contributed by atoms with van der Waals surface area (Å²) in [4.78, 5) is 11.7. The van der Waals surface area contributed by atoms with E-state index in [1.54, 1.807) is 24.4 Å². The Morgan fingerprint density at radius 3 is 2.74 bits per heavy atom. The Kier molecular flexibility index (Phi) is 6.18. The van der Waals surface area contributed by atoms with Crippen molar-refractivity contribution in [2.75, 3.05) is 6.61 Å². The van der Waals surface area contributed by atoms with Crippen LogP contribution >= 0.6 is 11.6 Å². The standard InChI is InChI=1S/C18H19ClN2O2/c1-13-10-16(8-9-17(13)19)23-12-18(22)21-20-11-14(2)15-6-4-3-5-7-15/h3-11,14H,12H2,1-2H3,(H,21,22)/b20-11-/t14-/m0/s1. The molecular weight excluding hydrogens is 312 g/mol. The molecule has 0 bridgehead atoms. The molecule has 1 atom stereocenters. The molecule has 120 valence electrons. The number of carbonyl (C=O) groups excluding carboxylic acids is 1. The summed E-state index contributed by atoms with van der Waals surface area (Å²) in [7, 11) is 0. The number of carbonyl (C=O) groups is 1. The van der Waals surface area contributed by atoms with Crippen molar-refractivity contribution in [3.05, 3.63) is 64.7 Å². The van der Waals surface area contributed by atoms with Crippen molar-refractivity contribution in [3.63, 3.8) is 0 Å². The third kappa shape index (κ3) is 5.42. The lowest BCUT2D eigenvalue weighted by molar-refractivity contribution is -0.123. The zero-order valence-electron chi connectivity index (χ0n) is 13.1. The third-order valence-electron chi connectivity index (χ3n) is 3.31. The first-order valence-corrected chi connectivity index (χ1v) is 7.70. The first-order valence-electron chi connectivity index (χ1n) is 7.32. The van der Waals surface area contributed by atoms with E-state index >= 15 is 0 Å². The Balaban J connectivity index is 1.78. The summed E-state index contributed by atoms with van der Waals surface area (Å²) >= 11 is 5.94. The molecule has 2 aromatic rings. The van der Waals surface area contributed by atoms with Gasteiger partial charge in [0.1, 0.15) is 5.75 Å². The van der Waals surface area contributed by atoms with E-state index in [1.165, 1.54) is 0 Å². The maximum Gasteiger partial charge on any atom is 0.277 e. The van der Waals surface area contributed by atoms with Gasteiger partial charge in [-0.3, -0.25) is 4.79 Å². The molecule has 0 aliphatic heterocycles. The smallest absolute Gasteiger partial charge is 0.277 e. The SMILES string of the molecule is Cc1cc(OCC(=O)N/N=C\[C@H](C)c2ccccc2)ccc1Cl. The van der Waals surface area contributed by atoms with Crippen LogP contribution in [0.2, 0.25) is 5.02 Å². The van der Waals surface area contributed by atoms with Gasteiger partial charge in [-0.05, 0) is 36.2 Å². The molecule has 2 aromatic carbocycles. The quantitative estimate of drug-likeness (QED) is 0.644. The molecule has 0 saturated heterocycles. The van der Waals surface area contributed by atoms with Crippen molar-refractivity contribution in [1.29, 1.82) is 0 Å². The number of nitrogens with one attached hydrogen (secondary N) is 1. The highest BCUT2D eigenvalue weighted by atomic mass is 35.5. The first kappa shape index (κ1) is 17.0. The Bertz CT molecular complexity index is 687. The number of hydrazone groups is 1. The summed E-state index contributed by atoms with van der Waals surface area (Å²) in [5.41, 5.74) is 4.50. The summed E-state index contributed by atoms with van der Waals surface area (Å²) in [6.07, 6.45) is 1.69. The van der Waals surface area contributed by atoms with Gasteiger partial charge in [0.05, 0.1) is 0 Å². The predicted octanol–water partition coefficient (Wildman–Crippen LogP) is 3.93. The molecule has 23 heavy (non-hydrogen) atoms. The fourth-order valence-corrected chi connectivity index (χ4v) is 2.07. The molecule has 0 radical (unpaired) electrons. The molecule has 0 fully saturated rings. The summed E-state index contributed by atoms with van der Waals surface area (Å²) in [6.45, 7) is 3.79. The number of nitrogens with zero attached hydrogens (tertiary/aromatic N) is 1. The maximum atomic E-state index is 11.7. The zero-order valence-corrected chi connectivity index (χ0v) is 13.9. The minimum absolute atomic E-state index is 0.0991. The van der Waals surface area contributed by atoms with E-state index in [0.29, 0.717) is 10.8 Å². The largest absolute Gasteiger partial charge is 0.484 e. The highest BCUT2D eigenvalue weighted by Gasteiger charge is 2.04. The minimum atomic E-state index is -0.311. The molecule has 5 heteroatoms. The van der Waals surface area contributed by atoms with Crippen molar-refractivity contribution < 1.29 is 9.53 Å². The number of halogens is 1. The molecule has 0 aliphatic rings. The topological polar surface area (TPSA) is 50.7 Å². The van der Waals surface area contributed by atoms with Crippen LogP contribution < -0.4 is 10.2 Å². The van der Waals surface area contributed by atoms with Crippen LogP contribution in [-0.2, 0) is 4.79 Å². The minimum Gasteiger partial charge on any atom is -0.484 e. The van der Waals surface area contributed by atoms with E-state index in [4.69, 9.17) is 16.3 Å². The van der Waals surface area contributed by atoms with Gasteiger partial charge in [-0.1, -0.05) is 48.9 Å².